The van der Waals surface area contributed by atoms with Gasteiger partial charge in [-0.05, 0) is 64.0 Å². The minimum absolute atomic E-state index is 0.191. The lowest BCUT2D eigenvalue weighted by Gasteiger charge is -2.15. The van der Waals surface area contributed by atoms with Crippen molar-refractivity contribution in [3.05, 3.63) is 91.4 Å². The third-order valence-corrected chi connectivity index (χ3v) is 5.62. The predicted octanol–water partition coefficient (Wildman–Crippen LogP) is 5.80. The third-order valence-electron chi connectivity index (χ3n) is 4.56. The zero-order valence-corrected chi connectivity index (χ0v) is 19.0. The van der Waals surface area contributed by atoms with E-state index in [9.17, 15) is 9.90 Å². The lowest BCUT2D eigenvalue weighted by Crippen LogP contribution is -2.23. The number of rotatable bonds is 4. The molecule has 1 heterocycles. The highest BCUT2D eigenvalue weighted by Crippen LogP contribution is 2.28. The van der Waals surface area contributed by atoms with Crippen molar-refractivity contribution >= 4 is 54.9 Å². The smallest absolute Gasteiger partial charge is 0.266 e. The number of phenols is 1. The summed E-state index contributed by atoms with van der Waals surface area (Å²) in [6.45, 7) is 0. The molecule has 5 nitrogen and oxygen atoms in total. The molecule has 0 atom stereocenters. The number of hydrogen-bond donors (Lipinski definition) is 1. The van der Waals surface area contributed by atoms with Crippen LogP contribution in [0.1, 0.15) is 11.4 Å². The van der Waals surface area contributed by atoms with E-state index in [2.05, 4.69) is 31.9 Å². The molecule has 1 aromatic heterocycles. The highest BCUT2D eigenvalue weighted by Gasteiger charge is 2.16. The molecule has 0 saturated heterocycles. The van der Waals surface area contributed by atoms with Gasteiger partial charge in [0.25, 0.3) is 5.56 Å². The van der Waals surface area contributed by atoms with Crippen molar-refractivity contribution in [3.63, 3.8) is 0 Å². The molecule has 0 saturated carbocycles. The lowest BCUT2D eigenvalue weighted by molar-refractivity contribution is 0.412. The van der Waals surface area contributed by atoms with Crippen LogP contribution in [0.15, 0.2) is 74.4 Å². The summed E-state index contributed by atoms with van der Waals surface area (Å²) in [7, 11) is 1.57. The van der Waals surface area contributed by atoms with Crippen LogP contribution in [0.5, 0.6) is 11.5 Å². The van der Waals surface area contributed by atoms with E-state index in [0.29, 0.717) is 28.2 Å². The fraction of sp³-hybridized carbons (Fsp3) is 0.0435. The Morgan fingerprint density at radius 3 is 2.50 bits per heavy atom. The van der Waals surface area contributed by atoms with Crippen molar-refractivity contribution in [3.8, 4) is 17.2 Å². The van der Waals surface area contributed by atoms with E-state index < -0.39 is 0 Å². The maximum Gasteiger partial charge on any atom is 0.266 e. The minimum atomic E-state index is -0.211. The van der Waals surface area contributed by atoms with Crippen molar-refractivity contribution < 1.29 is 9.84 Å². The van der Waals surface area contributed by atoms with Gasteiger partial charge in [0.2, 0.25) is 0 Å². The van der Waals surface area contributed by atoms with Gasteiger partial charge in [-0.2, -0.15) is 0 Å². The number of aromatic hydroxyl groups is 1. The van der Waals surface area contributed by atoms with Crippen molar-refractivity contribution in [2.75, 3.05) is 7.11 Å². The molecule has 0 spiro atoms. The highest BCUT2D eigenvalue weighted by atomic mass is 79.9. The molecule has 0 bridgehead atoms. The molecule has 0 fully saturated rings. The highest BCUT2D eigenvalue weighted by molar-refractivity contribution is 9.11. The Hall–Kier alpha value is -2.90. The third kappa shape index (κ3) is 3.91. The first kappa shape index (κ1) is 20.4. The van der Waals surface area contributed by atoms with Crippen LogP contribution < -0.4 is 10.3 Å². The van der Waals surface area contributed by atoms with E-state index in [4.69, 9.17) is 9.72 Å². The summed E-state index contributed by atoms with van der Waals surface area (Å²) < 4.78 is 8.52. The Morgan fingerprint density at radius 2 is 1.77 bits per heavy atom. The SMILES string of the molecule is COc1ccccc1-n1c(/C=C/c2ccc(O)cc2)nc2c(Br)cc(Br)cc2c1=O. The zero-order chi connectivity index (χ0) is 21.3. The van der Waals surface area contributed by atoms with E-state index in [0.717, 1.165) is 14.5 Å². The number of hydrogen-bond acceptors (Lipinski definition) is 4. The van der Waals surface area contributed by atoms with E-state index in [1.165, 1.54) is 4.57 Å². The van der Waals surface area contributed by atoms with Crippen molar-refractivity contribution in [1.29, 1.82) is 0 Å². The van der Waals surface area contributed by atoms with E-state index in [-0.39, 0.29) is 11.3 Å². The summed E-state index contributed by atoms with van der Waals surface area (Å²) in [5.74, 6) is 1.21. The number of halogens is 2. The molecule has 1 N–H and O–H groups in total. The van der Waals surface area contributed by atoms with E-state index >= 15 is 0 Å². The maximum absolute atomic E-state index is 13.5. The maximum atomic E-state index is 13.5. The Balaban J connectivity index is 2.01. The molecular formula is C23H16Br2N2O3. The normalized spacial score (nSPS) is 11.3. The second-order valence-electron chi connectivity index (χ2n) is 6.49. The fourth-order valence-corrected chi connectivity index (χ4v) is 4.46. The molecule has 150 valence electrons. The van der Waals surface area contributed by atoms with Gasteiger partial charge in [0.05, 0.1) is 23.7 Å². The first-order valence-electron chi connectivity index (χ1n) is 9.00. The van der Waals surface area contributed by atoms with Crippen LogP contribution in [0, 0.1) is 0 Å². The van der Waals surface area contributed by atoms with Gasteiger partial charge in [-0.25, -0.2) is 4.98 Å². The molecule has 0 aliphatic carbocycles. The molecule has 7 heteroatoms. The van der Waals surface area contributed by atoms with Crippen molar-refractivity contribution in [1.82, 2.24) is 9.55 Å². The second-order valence-corrected chi connectivity index (χ2v) is 8.26. The Labute approximate surface area is 189 Å². The standard InChI is InChI=1S/C23H16Br2N2O3/c1-30-20-5-3-2-4-19(20)27-21(11-8-14-6-9-16(28)10-7-14)26-22-17(23(27)29)12-15(24)13-18(22)25/h2-13,28H,1H3/b11-8+. The average Bonchev–Trinajstić information content (AvgIpc) is 2.74. The van der Waals surface area contributed by atoms with Gasteiger partial charge in [0.15, 0.2) is 0 Å². The molecule has 0 unspecified atom stereocenters. The number of fused-ring (bicyclic) bond motifs is 1. The van der Waals surface area contributed by atoms with Gasteiger partial charge in [-0.1, -0.05) is 46.3 Å². The molecule has 0 aliphatic rings. The number of phenolic OH excluding ortho intramolecular Hbond substituents is 1. The number of methoxy groups -OCH3 is 1. The van der Waals surface area contributed by atoms with Gasteiger partial charge in [0.1, 0.15) is 17.3 Å². The molecule has 0 aliphatic heterocycles. The minimum Gasteiger partial charge on any atom is -0.508 e. The zero-order valence-electron chi connectivity index (χ0n) is 15.8. The largest absolute Gasteiger partial charge is 0.508 e. The molecule has 0 radical (unpaired) electrons. The van der Waals surface area contributed by atoms with Gasteiger partial charge in [-0.3, -0.25) is 9.36 Å². The van der Waals surface area contributed by atoms with Crippen LogP contribution in [0.25, 0.3) is 28.7 Å². The van der Waals surface area contributed by atoms with Gasteiger partial charge >= 0.3 is 0 Å². The van der Waals surface area contributed by atoms with Gasteiger partial charge < -0.3 is 9.84 Å². The quantitative estimate of drug-likeness (QED) is 0.364. The fourth-order valence-electron chi connectivity index (χ4n) is 3.15. The molecule has 3 aromatic carbocycles. The van der Waals surface area contributed by atoms with E-state index in [1.807, 2.05) is 30.3 Å². The topological polar surface area (TPSA) is 64.3 Å². The van der Waals surface area contributed by atoms with Crippen LogP contribution in [0.3, 0.4) is 0 Å². The molecular weight excluding hydrogens is 512 g/mol. The molecule has 0 amide bonds. The van der Waals surface area contributed by atoms with Gasteiger partial charge in [-0.15, -0.1) is 0 Å². The average molecular weight is 528 g/mol. The number of para-hydroxylation sites is 2. The Bertz CT molecular complexity index is 1330. The van der Waals surface area contributed by atoms with Crippen LogP contribution in [-0.4, -0.2) is 21.8 Å². The number of benzene rings is 3. The summed E-state index contributed by atoms with van der Waals surface area (Å²) in [6, 6.07) is 17.7. The Morgan fingerprint density at radius 1 is 1.03 bits per heavy atom. The van der Waals surface area contributed by atoms with Crippen LogP contribution in [0.4, 0.5) is 0 Å². The van der Waals surface area contributed by atoms with Crippen LogP contribution in [-0.2, 0) is 0 Å². The molecule has 30 heavy (non-hydrogen) atoms. The summed E-state index contributed by atoms with van der Waals surface area (Å²) in [5, 5.41) is 9.97. The molecule has 4 rings (SSSR count). The number of ether oxygens (including phenoxy) is 1. The summed E-state index contributed by atoms with van der Waals surface area (Å²) in [6.07, 6.45) is 3.61. The summed E-state index contributed by atoms with van der Waals surface area (Å²) in [5.41, 5.74) is 1.82. The monoisotopic (exact) mass is 526 g/mol. The van der Waals surface area contributed by atoms with Crippen LogP contribution in [0.2, 0.25) is 0 Å². The van der Waals surface area contributed by atoms with Crippen molar-refractivity contribution in [2.45, 2.75) is 0 Å². The summed E-state index contributed by atoms with van der Waals surface area (Å²) >= 11 is 6.96. The lowest BCUT2D eigenvalue weighted by atomic mass is 10.2. The summed E-state index contributed by atoms with van der Waals surface area (Å²) in [4.78, 5) is 18.3. The van der Waals surface area contributed by atoms with Crippen LogP contribution >= 0.6 is 31.9 Å². The first-order chi connectivity index (χ1) is 14.5. The number of nitrogens with zero attached hydrogens (tertiary/aromatic N) is 2. The van der Waals surface area contributed by atoms with E-state index in [1.54, 1.807) is 49.6 Å². The van der Waals surface area contributed by atoms with Gasteiger partial charge in [0, 0.05) is 8.95 Å². The van der Waals surface area contributed by atoms with Crippen molar-refractivity contribution in [2.24, 2.45) is 0 Å². The first-order valence-corrected chi connectivity index (χ1v) is 10.6. The second kappa shape index (κ2) is 8.45. The molecule has 4 aromatic rings. The number of aromatic nitrogens is 2. The predicted molar refractivity (Wildman–Crippen MR) is 126 cm³/mol. The Kier molecular flexibility index (Phi) is 5.74.